The molecule has 0 aliphatic heterocycles. The van der Waals surface area contributed by atoms with Crippen LogP contribution in [0.15, 0.2) is 109 Å². The summed E-state index contributed by atoms with van der Waals surface area (Å²) in [6, 6.07) is 33.8. The molecule has 1 unspecified atom stereocenters. The van der Waals surface area contributed by atoms with Gasteiger partial charge in [-0.25, -0.2) is 0 Å². The van der Waals surface area contributed by atoms with Crippen LogP contribution in [0.5, 0.6) is 11.5 Å². The molecule has 4 aromatic carbocycles. The van der Waals surface area contributed by atoms with Gasteiger partial charge in [-0.1, -0.05) is 60.7 Å². The van der Waals surface area contributed by atoms with Gasteiger partial charge < -0.3 is 14.8 Å². The molecular weight excluding hydrogens is 464 g/mol. The number of amides is 1. The standard InChI is InChI=1S/C31H26N2O4/c32-20-24-11-15-26(16-12-24)31(35)33-29(22-36-21-25-7-3-1-4-8-25)30(34)19-23-13-17-28(18-14-23)37-27-9-5-2-6-10-27/h1-18,29H,19,21-22H2,(H,33,35). The Morgan fingerprint density at radius 3 is 2.03 bits per heavy atom. The lowest BCUT2D eigenvalue weighted by Crippen LogP contribution is -2.44. The van der Waals surface area contributed by atoms with Crippen molar-refractivity contribution in [3.63, 3.8) is 0 Å². The number of para-hydroxylation sites is 1. The Hall–Kier alpha value is -4.73. The first-order valence-corrected chi connectivity index (χ1v) is 11.9. The van der Waals surface area contributed by atoms with Crippen LogP contribution in [0.3, 0.4) is 0 Å². The molecule has 1 N–H and O–H groups in total. The maximum Gasteiger partial charge on any atom is 0.251 e. The third kappa shape index (κ3) is 7.63. The van der Waals surface area contributed by atoms with Gasteiger partial charge in [0, 0.05) is 12.0 Å². The Morgan fingerprint density at radius 1 is 0.757 bits per heavy atom. The second kappa shape index (κ2) is 12.8. The van der Waals surface area contributed by atoms with Gasteiger partial charge in [0.2, 0.25) is 0 Å². The van der Waals surface area contributed by atoms with Gasteiger partial charge in [-0.3, -0.25) is 9.59 Å². The lowest BCUT2D eigenvalue weighted by molar-refractivity contribution is -0.121. The quantitative estimate of drug-likeness (QED) is 0.301. The van der Waals surface area contributed by atoms with Gasteiger partial charge in [0.05, 0.1) is 24.8 Å². The van der Waals surface area contributed by atoms with Crippen LogP contribution < -0.4 is 10.1 Å². The van der Waals surface area contributed by atoms with Crippen molar-refractivity contribution in [2.45, 2.75) is 19.1 Å². The monoisotopic (exact) mass is 490 g/mol. The number of benzene rings is 4. The molecule has 0 heterocycles. The van der Waals surface area contributed by atoms with Crippen LogP contribution >= 0.6 is 0 Å². The van der Waals surface area contributed by atoms with E-state index in [2.05, 4.69) is 5.32 Å². The molecule has 0 radical (unpaired) electrons. The van der Waals surface area contributed by atoms with Crippen LogP contribution in [0.4, 0.5) is 0 Å². The van der Waals surface area contributed by atoms with Crippen molar-refractivity contribution in [2.24, 2.45) is 0 Å². The van der Waals surface area contributed by atoms with E-state index in [1.807, 2.05) is 91.0 Å². The number of carbonyl (C=O) groups excluding carboxylic acids is 2. The highest BCUT2D eigenvalue weighted by Crippen LogP contribution is 2.21. The number of nitrogens with zero attached hydrogens (tertiary/aromatic N) is 1. The van der Waals surface area contributed by atoms with E-state index >= 15 is 0 Å². The zero-order valence-corrected chi connectivity index (χ0v) is 20.2. The summed E-state index contributed by atoms with van der Waals surface area (Å²) in [6.45, 7) is 0.355. The van der Waals surface area contributed by atoms with E-state index < -0.39 is 11.9 Å². The molecule has 0 saturated carbocycles. The van der Waals surface area contributed by atoms with E-state index in [1.165, 1.54) is 0 Å². The summed E-state index contributed by atoms with van der Waals surface area (Å²) in [5.74, 6) is 0.816. The SMILES string of the molecule is N#Cc1ccc(C(=O)NC(COCc2ccccc2)C(=O)Cc2ccc(Oc3ccccc3)cc2)cc1. The molecule has 6 nitrogen and oxygen atoms in total. The number of ether oxygens (including phenoxy) is 2. The van der Waals surface area contributed by atoms with Gasteiger partial charge in [0.15, 0.2) is 5.78 Å². The second-order valence-corrected chi connectivity index (χ2v) is 8.42. The molecule has 0 bridgehead atoms. The Bertz CT molecular complexity index is 1350. The lowest BCUT2D eigenvalue weighted by Gasteiger charge is -2.18. The Labute approximate surface area is 216 Å². The van der Waals surface area contributed by atoms with Crippen molar-refractivity contribution in [1.29, 1.82) is 5.26 Å². The molecule has 0 spiro atoms. The maximum absolute atomic E-state index is 13.2. The largest absolute Gasteiger partial charge is 0.457 e. The fourth-order valence-electron chi connectivity index (χ4n) is 3.65. The van der Waals surface area contributed by atoms with Crippen LogP contribution in [-0.4, -0.2) is 24.3 Å². The van der Waals surface area contributed by atoms with E-state index in [4.69, 9.17) is 14.7 Å². The molecule has 0 fully saturated rings. The molecule has 1 atom stereocenters. The minimum Gasteiger partial charge on any atom is -0.457 e. The van der Waals surface area contributed by atoms with Crippen molar-refractivity contribution >= 4 is 11.7 Å². The highest BCUT2D eigenvalue weighted by Gasteiger charge is 2.22. The van der Waals surface area contributed by atoms with Gasteiger partial charge in [0.25, 0.3) is 5.91 Å². The number of Topliss-reactive ketones (excluding diaryl/α,β-unsaturated/α-hetero) is 1. The average molecular weight is 491 g/mol. The Morgan fingerprint density at radius 2 is 1.38 bits per heavy atom. The van der Waals surface area contributed by atoms with Crippen molar-refractivity contribution in [2.75, 3.05) is 6.61 Å². The maximum atomic E-state index is 13.2. The van der Waals surface area contributed by atoms with Gasteiger partial charge in [0.1, 0.15) is 17.5 Å². The summed E-state index contributed by atoms with van der Waals surface area (Å²) < 4.78 is 11.6. The molecule has 0 aromatic heterocycles. The molecule has 0 saturated heterocycles. The summed E-state index contributed by atoms with van der Waals surface area (Å²) in [4.78, 5) is 26.1. The third-order valence-electron chi connectivity index (χ3n) is 5.65. The number of hydrogen-bond acceptors (Lipinski definition) is 5. The van der Waals surface area contributed by atoms with E-state index in [1.54, 1.807) is 24.3 Å². The number of carbonyl (C=O) groups is 2. The topological polar surface area (TPSA) is 88.4 Å². The summed E-state index contributed by atoms with van der Waals surface area (Å²) >= 11 is 0. The van der Waals surface area contributed by atoms with Crippen LogP contribution in [0.25, 0.3) is 0 Å². The van der Waals surface area contributed by atoms with Gasteiger partial charge in [-0.05, 0) is 59.7 Å². The molecule has 4 rings (SSSR count). The van der Waals surface area contributed by atoms with E-state index in [0.29, 0.717) is 23.5 Å². The minimum absolute atomic E-state index is 0.0327. The van der Waals surface area contributed by atoms with Crippen LogP contribution in [0.1, 0.15) is 27.0 Å². The molecule has 1 amide bonds. The van der Waals surface area contributed by atoms with Gasteiger partial charge in [-0.15, -0.1) is 0 Å². The van der Waals surface area contributed by atoms with E-state index in [-0.39, 0.29) is 18.8 Å². The van der Waals surface area contributed by atoms with Crippen LogP contribution in [0, 0.1) is 11.3 Å². The fourth-order valence-corrected chi connectivity index (χ4v) is 3.65. The molecule has 6 heteroatoms. The lowest BCUT2D eigenvalue weighted by atomic mass is 10.0. The second-order valence-electron chi connectivity index (χ2n) is 8.42. The summed E-state index contributed by atoms with van der Waals surface area (Å²) in [7, 11) is 0. The third-order valence-corrected chi connectivity index (χ3v) is 5.65. The van der Waals surface area contributed by atoms with Crippen LogP contribution in [0.2, 0.25) is 0 Å². The highest BCUT2D eigenvalue weighted by atomic mass is 16.5. The summed E-state index contributed by atoms with van der Waals surface area (Å²) in [5.41, 5.74) is 2.59. The molecule has 184 valence electrons. The van der Waals surface area contributed by atoms with Crippen molar-refractivity contribution in [3.05, 3.63) is 131 Å². The summed E-state index contributed by atoms with van der Waals surface area (Å²) in [6.07, 6.45) is 0.124. The zero-order chi connectivity index (χ0) is 25.9. The molecule has 0 aliphatic rings. The van der Waals surface area contributed by atoms with Gasteiger partial charge in [-0.2, -0.15) is 5.26 Å². The molecular formula is C31H26N2O4. The highest BCUT2D eigenvalue weighted by molar-refractivity contribution is 5.98. The molecule has 0 aliphatic carbocycles. The first kappa shape index (κ1) is 25.4. The smallest absolute Gasteiger partial charge is 0.251 e. The first-order chi connectivity index (χ1) is 18.1. The Kier molecular flexibility index (Phi) is 8.79. The predicted molar refractivity (Wildman–Crippen MR) is 140 cm³/mol. The van der Waals surface area contributed by atoms with Crippen LogP contribution in [-0.2, 0) is 22.6 Å². The number of nitrogens with one attached hydrogen (secondary N) is 1. The average Bonchev–Trinajstić information content (AvgIpc) is 2.94. The molecule has 37 heavy (non-hydrogen) atoms. The normalized spacial score (nSPS) is 11.2. The van der Waals surface area contributed by atoms with Crippen molar-refractivity contribution in [1.82, 2.24) is 5.32 Å². The zero-order valence-electron chi connectivity index (χ0n) is 20.2. The van der Waals surface area contributed by atoms with Crippen molar-refractivity contribution < 1.29 is 19.1 Å². The first-order valence-electron chi connectivity index (χ1n) is 11.9. The van der Waals surface area contributed by atoms with Crippen molar-refractivity contribution in [3.8, 4) is 17.6 Å². The summed E-state index contributed by atoms with van der Waals surface area (Å²) in [5, 5.41) is 11.8. The number of ketones is 1. The fraction of sp³-hybridized carbons (Fsp3) is 0.129. The Balaban J connectivity index is 1.41. The number of nitriles is 1. The predicted octanol–water partition coefficient (Wildman–Crippen LogP) is 5.48. The van der Waals surface area contributed by atoms with E-state index in [9.17, 15) is 9.59 Å². The van der Waals surface area contributed by atoms with E-state index in [0.717, 1.165) is 16.9 Å². The molecule has 4 aromatic rings. The number of rotatable bonds is 11. The van der Waals surface area contributed by atoms with Gasteiger partial charge >= 0.3 is 0 Å². The number of hydrogen-bond donors (Lipinski definition) is 1. The minimum atomic E-state index is -0.841.